The first-order valence-corrected chi connectivity index (χ1v) is 14.6. The smallest absolute Gasteiger partial charge is 0.271 e. The summed E-state index contributed by atoms with van der Waals surface area (Å²) in [5, 5.41) is 7.43. The van der Waals surface area contributed by atoms with E-state index in [1.807, 2.05) is 37.3 Å². The minimum atomic E-state index is -0.421. The number of nitrogens with one attached hydrogen (secondary N) is 2. The zero-order valence-electron chi connectivity index (χ0n) is 23.4. The zero-order chi connectivity index (χ0) is 30.6. The van der Waals surface area contributed by atoms with Crippen molar-refractivity contribution in [2.45, 2.75) is 13.5 Å². The second-order valence-electron chi connectivity index (χ2n) is 8.95. The SMILES string of the molecule is CCOc1cc(/C=N/NC(=O)c2ccc(OCc3ccccc3)c(OC)c2)cc(I)c1OCC(=O)Nc1ccc(Cl)cc1. The van der Waals surface area contributed by atoms with Crippen LogP contribution in [0.25, 0.3) is 0 Å². The molecule has 0 aliphatic rings. The van der Waals surface area contributed by atoms with E-state index >= 15 is 0 Å². The van der Waals surface area contributed by atoms with Crippen LogP contribution in [-0.4, -0.2) is 38.4 Å². The highest BCUT2D eigenvalue weighted by molar-refractivity contribution is 14.1. The van der Waals surface area contributed by atoms with Crippen LogP contribution in [0.3, 0.4) is 0 Å². The number of hydrazone groups is 1. The third-order valence-electron chi connectivity index (χ3n) is 5.85. The van der Waals surface area contributed by atoms with E-state index in [4.69, 9.17) is 30.5 Å². The molecule has 4 rings (SSSR count). The Morgan fingerprint density at radius 2 is 1.67 bits per heavy atom. The van der Waals surface area contributed by atoms with Crippen molar-refractivity contribution in [3.05, 3.63) is 110 Å². The van der Waals surface area contributed by atoms with Gasteiger partial charge in [0.15, 0.2) is 29.6 Å². The summed E-state index contributed by atoms with van der Waals surface area (Å²) in [6.45, 7) is 2.38. The van der Waals surface area contributed by atoms with Crippen LogP contribution in [0.5, 0.6) is 23.0 Å². The fraction of sp³-hybridized carbons (Fsp3) is 0.156. The number of rotatable bonds is 13. The summed E-state index contributed by atoms with van der Waals surface area (Å²) in [5.74, 6) is 1.07. The number of ether oxygens (including phenoxy) is 4. The van der Waals surface area contributed by atoms with Gasteiger partial charge in [-0.3, -0.25) is 9.59 Å². The molecule has 4 aromatic carbocycles. The van der Waals surface area contributed by atoms with Crippen LogP contribution < -0.4 is 29.7 Å². The normalized spacial score (nSPS) is 10.7. The molecule has 11 heteroatoms. The van der Waals surface area contributed by atoms with E-state index in [1.54, 1.807) is 54.6 Å². The lowest BCUT2D eigenvalue weighted by atomic mass is 10.2. The molecule has 0 aliphatic heterocycles. The van der Waals surface area contributed by atoms with Crippen LogP contribution >= 0.6 is 34.2 Å². The van der Waals surface area contributed by atoms with Crippen molar-refractivity contribution in [2.24, 2.45) is 5.10 Å². The van der Waals surface area contributed by atoms with Gasteiger partial charge in [0.2, 0.25) is 0 Å². The molecule has 43 heavy (non-hydrogen) atoms. The van der Waals surface area contributed by atoms with Crippen molar-refractivity contribution in [2.75, 3.05) is 25.6 Å². The summed E-state index contributed by atoms with van der Waals surface area (Å²) in [6, 6.07) is 25.0. The van der Waals surface area contributed by atoms with Crippen molar-refractivity contribution >= 4 is 57.9 Å². The summed E-state index contributed by atoms with van der Waals surface area (Å²) in [4.78, 5) is 25.2. The van der Waals surface area contributed by atoms with Crippen LogP contribution in [0.2, 0.25) is 5.02 Å². The molecular formula is C32H29ClIN3O6. The highest BCUT2D eigenvalue weighted by atomic mass is 127. The standard InChI is InChI=1S/C32H29ClIN3O6/c1-3-41-29-16-22(15-26(34)31(29)43-20-30(38)36-25-12-10-24(33)11-13-25)18-35-37-32(39)23-9-14-27(28(17-23)40-2)42-19-21-7-5-4-6-8-21/h4-18H,3,19-20H2,1-2H3,(H,36,38)(H,37,39)/b35-18+. The van der Waals surface area contributed by atoms with Crippen molar-refractivity contribution in [3.8, 4) is 23.0 Å². The first-order valence-electron chi connectivity index (χ1n) is 13.2. The number of benzene rings is 4. The zero-order valence-corrected chi connectivity index (χ0v) is 26.3. The predicted octanol–water partition coefficient (Wildman–Crippen LogP) is 6.71. The summed E-state index contributed by atoms with van der Waals surface area (Å²) in [5.41, 5.74) is 5.16. The predicted molar refractivity (Wildman–Crippen MR) is 175 cm³/mol. The Morgan fingerprint density at radius 1 is 0.907 bits per heavy atom. The van der Waals surface area contributed by atoms with Crippen molar-refractivity contribution in [3.63, 3.8) is 0 Å². The van der Waals surface area contributed by atoms with E-state index in [0.717, 1.165) is 5.56 Å². The van der Waals surface area contributed by atoms with E-state index in [1.165, 1.54) is 13.3 Å². The maximum Gasteiger partial charge on any atom is 0.271 e. The Balaban J connectivity index is 1.37. The Hall–Kier alpha value is -4.29. The number of hydrogen-bond acceptors (Lipinski definition) is 7. The largest absolute Gasteiger partial charge is 0.493 e. The fourth-order valence-electron chi connectivity index (χ4n) is 3.83. The molecule has 0 atom stereocenters. The molecule has 4 aromatic rings. The van der Waals surface area contributed by atoms with Gasteiger partial charge in [0.05, 0.1) is 23.5 Å². The van der Waals surface area contributed by atoms with Crippen LogP contribution in [0.15, 0.2) is 90.0 Å². The van der Waals surface area contributed by atoms with Crippen LogP contribution in [-0.2, 0) is 11.4 Å². The Kier molecular flexibility index (Phi) is 11.6. The van der Waals surface area contributed by atoms with Gasteiger partial charge in [0.25, 0.3) is 11.8 Å². The highest BCUT2D eigenvalue weighted by Crippen LogP contribution is 2.34. The lowest BCUT2D eigenvalue weighted by Gasteiger charge is -2.14. The second-order valence-corrected chi connectivity index (χ2v) is 10.5. The van der Waals surface area contributed by atoms with Gasteiger partial charge in [0, 0.05) is 16.3 Å². The van der Waals surface area contributed by atoms with Gasteiger partial charge in [0.1, 0.15) is 6.61 Å². The van der Waals surface area contributed by atoms with E-state index < -0.39 is 5.91 Å². The maximum atomic E-state index is 12.8. The van der Waals surface area contributed by atoms with E-state index in [2.05, 4.69) is 38.4 Å². The molecule has 2 amide bonds. The number of carbonyl (C=O) groups is 2. The quantitative estimate of drug-likeness (QED) is 0.0907. The van der Waals surface area contributed by atoms with Crippen molar-refractivity contribution < 1.29 is 28.5 Å². The van der Waals surface area contributed by atoms with E-state index in [-0.39, 0.29) is 12.5 Å². The lowest BCUT2D eigenvalue weighted by Crippen LogP contribution is -2.20. The summed E-state index contributed by atoms with van der Waals surface area (Å²) >= 11 is 7.99. The second kappa shape index (κ2) is 15.8. The molecule has 0 unspecified atom stereocenters. The number of amides is 2. The molecule has 0 saturated carbocycles. The molecule has 0 fully saturated rings. The molecule has 0 aromatic heterocycles. The first kappa shape index (κ1) is 31.6. The third-order valence-corrected chi connectivity index (χ3v) is 6.90. The Bertz CT molecular complexity index is 1580. The molecule has 9 nitrogen and oxygen atoms in total. The molecule has 0 radical (unpaired) electrons. The van der Waals surface area contributed by atoms with Crippen molar-refractivity contribution in [1.29, 1.82) is 0 Å². The van der Waals surface area contributed by atoms with Gasteiger partial charge in [-0.05, 0) is 95.2 Å². The van der Waals surface area contributed by atoms with Gasteiger partial charge >= 0.3 is 0 Å². The monoisotopic (exact) mass is 713 g/mol. The fourth-order valence-corrected chi connectivity index (χ4v) is 4.73. The topological polar surface area (TPSA) is 107 Å². The molecular weight excluding hydrogens is 685 g/mol. The molecule has 2 N–H and O–H groups in total. The maximum absolute atomic E-state index is 12.8. The molecule has 222 valence electrons. The van der Waals surface area contributed by atoms with Gasteiger partial charge in [-0.2, -0.15) is 5.10 Å². The molecule has 0 aliphatic carbocycles. The minimum Gasteiger partial charge on any atom is -0.493 e. The molecule has 0 spiro atoms. The molecule has 0 heterocycles. The number of anilines is 1. The first-order chi connectivity index (χ1) is 20.9. The van der Waals surface area contributed by atoms with Crippen LogP contribution in [0.4, 0.5) is 5.69 Å². The third kappa shape index (κ3) is 9.35. The number of nitrogens with zero attached hydrogens (tertiary/aromatic N) is 1. The average molecular weight is 714 g/mol. The summed E-state index contributed by atoms with van der Waals surface area (Å²) in [6.07, 6.45) is 1.49. The number of halogens is 2. The van der Waals surface area contributed by atoms with Gasteiger partial charge in [-0.15, -0.1) is 0 Å². The van der Waals surface area contributed by atoms with Gasteiger partial charge < -0.3 is 24.3 Å². The lowest BCUT2D eigenvalue weighted by molar-refractivity contribution is -0.118. The number of carbonyl (C=O) groups excluding carboxylic acids is 2. The average Bonchev–Trinajstić information content (AvgIpc) is 3.01. The van der Waals surface area contributed by atoms with Gasteiger partial charge in [-0.25, -0.2) is 5.43 Å². The summed E-state index contributed by atoms with van der Waals surface area (Å²) < 4.78 is 23.5. The van der Waals surface area contributed by atoms with E-state index in [0.29, 0.717) is 61.6 Å². The Labute approximate surface area is 268 Å². The number of methoxy groups -OCH3 is 1. The highest BCUT2D eigenvalue weighted by Gasteiger charge is 2.15. The minimum absolute atomic E-state index is 0.220. The van der Waals surface area contributed by atoms with Crippen LogP contribution in [0, 0.1) is 3.57 Å². The van der Waals surface area contributed by atoms with Crippen LogP contribution in [0.1, 0.15) is 28.4 Å². The molecule has 0 bridgehead atoms. The molecule has 0 saturated heterocycles. The summed E-state index contributed by atoms with van der Waals surface area (Å²) in [7, 11) is 1.52. The van der Waals surface area contributed by atoms with Crippen molar-refractivity contribution in [1.82, 2.24) is 5.43 Å². The van der Waals surface area contributed by atoms with Gasteiger partial charge in [-0.1, -0.05) is 41.9 Å². The number of hydrogen-bond donors (Lipinski definition) is 2. The van der Waals surface area contributed by atoms with E-state index in [9.17, 15) is 9.59 Å². The Morgan fingerprint density at radius 3 is 2.40 bits per heavy atom.